The summed E-state index contributed by atoms with van der Waals surface area (Å²) in [5, 5.41) is 0. The molecular formula is C16H20N2O4S. The van der Waals surface area contributed by atoms with E-state index in [0.29, 0.717) is 5.92 Å². The molecule has 6 nitrogen and oxygen atoms in total. The molecule has 124 valence electrons. The Morgan fingerprint density at radius 2 is 1.52 bits per heavy atom. The molecule has 0 radical (unpaired) electrons. The van der Waals surface area contributed by atoms with Crippen LogP contribution in [0.25, 0.3) is 0 Å². The molecule has 0 saturated carbocycles. The summed E-state index contributed by atoms with van der Waals surface area (Å²) in [6, 6.07) is 6.56. The van der Waals surface area contributed by atoms with Crippen LogP contribution < -0.4 is 0 Å². The van der Waals surface area contributed by atoms with Crippen LogP contribution in [0, 0.1) is 0 Å². The van der Waals surface area contributed by atoms with Crippen molar-refractivity contribution in [2.24, 2.45) is 0 Å². The largest absolute Gasteiger partial charge is 0.277 e. The molecule has 0 aromatic heterocycles. The normalized spacial score (nSPS) is 20.4. The van der Waals surface area contributed by atoms with Crippen LogP contribution in [0.3, 0.4) is 0 Å². The lowest BCUT2D eigenvalue weighted by Crippen LogP contribution is -2.62. The second-order valence-electron chi connectivity index (χ2n) is 6.36. The fraction of sp³-hybridized carbons (Fsp3) is 0.500. The van der Waals surface area contributed by atoms with E-state index in [9.17, 15) is 18.0 Å². The van der Waals surface area contributed by atoms with Crippen LogP contribution in [-0.2, 0) is 19.6 Å². The van der Waals surface area contributed by atoms with Crippen molar-refractivity contribution in [1.82, 2.24) is 9.21 Å². The van der Waals surface area contributed by atoms with Gasteiger partial charge in [-0.25, -0.2) is 8.42 Å². The summed E-state index contributed by atoms with van der Waals surface area (Å²) < 4.78 is 26.4. The second kappa shape index (κ2) is 5.72. The van der Waals surface area contributed by atoms with E-state index < -0.39 is 10.0 Å². The predicted molar refractivity (Wildman–Crippen MR) is 84.2 cm³/mol. The zero-order valence-electron chi connectivity index (χ0n) is 13.2. The van der Waals surface area contributed by atoms with Crippen LogP contribution in [0.15, 0.2) is 29.2 Å². The number of rotatable bonds is 4. The Labute approximate surface area is 136 Å². The number of benzene rings is 1. The SMILES string of the molecule is CC(C)c1ccc(S(=O)(=O)N2CC(N3C(=O)CCC3=O)C2)cc1. The maximum atomic E-state index is 12.6. The Hall–Kier alpha value is -1.73. The number of sulfonamides is 1. The van der Waals surface area contributed by atoms with E-state index in [-0.39, 0.29) is 48.7 Å². The quantitative estimate of drug-likeness (QED) is 0.778. The molecule has 2 fully saturated rings. The summed E-state index contributed by atoms with van der Waals surface area (Å²) in [4.78, 5) is 24.8. The van der Waals surface area contributed by atoms with Crippen molar-refractivity contribution in [3.63, 3.8) is 0 Å². The van der Waals surface area contributed by atoms with Crippen LogP contribution >= 0.6 is 0 Å². The molecule has 23 heavy (non-hydrogen) atoms. The van der Waals surface area contributed by atoms with Crippen LogP contribution in [0.2, 0.25) is 0 Å². The molecule has 2 aliphatic rings. The van der Waals surface area contributed by atoms with Gasteiger partial charge in [-0.3, -0.25) is 14.5 Å². The summed E-state index contributed by atoms with van der Waals surface area (Å²) >= 11 is 0. The van der Waals surface area contributed by atoms with E-state index in [1.165, 1.54) is 9.21 Å². The van der Waals surface area contributed by atoms with E-state index in [1.54, 1.807) is 12.1 Å². The zero-order chi connectivity index (χ0) is 16.8. The van der Waals surface area contributed by atoms with Gasteiger partial charge in [-0.1, -0.05) is 26.0 Å². The summed E-state index contributed by atoms with van der Waals surface area (Å²) in [5.41, 5.74) is 1.08. The molecule has 1 aromatic carbocycles. The molecule has 0 N–H and O–H groups in total. The lowest BCUT2D eigenvalue weighted by Gasteiger charge is -2.41. The molecule has 0 atom stereocenters. The lowest BCUT2D eigenvalue weighted by atomic mass is 10.0. The van der Waals surface area contributed by atoms with Crippen LogP contribution in [0.4, 0.5) is 0 Å². The smallest absolute Gasteiger partial charge is 0.243 e. The van der Waals surface area contributed by atoms with Gasteiger partial charge < -0.3 is 0 Å². The van der Waals surface area contributed by atoms with Crippen molar-refractivity contribution in [2.45, 2.75) is 43.5 Å². The van der Waals surface area contributed by atoms with Crippen LogP contribution in [0.5, 0.6) is 0 Å². The van der Waals surface area contributed by atoms with Crippen LogP contribution in [-0.4, -0.2) is 48.6 Å². The standard InChI is InChI=1S/C16H20N2O4S/c1-11(2)12-3-5-14(6-4-12)23(21,22)17-9-13(10-17)18-15(19)7-8-16(18)20/h3-6,11,13H,7-10H2,1-2H3. The number of carbonyl (C=O) groups excluding carboxylic acids is 2. The Balaban J connectivity index is 1.70. The van der Waals surface area contributed by atoms with Crippen LogP contribution in [0.1, 0.15) is 38.2 Å². The average Bonchev–Trinajstić information content (AvgIpc) is 2.78. The molecule has 3 rings (SSSR count). The van der Waals surface area contributed by atoms with E-state index in [4.69, 9.17) is 0 Å². The average molecular weight is 336 g/mol. The first kappa shape index (κ1) is 16.1. The first-order valence-corrected chi connectivity index (χ1v) is 9.19. The summed E-state index contributed by atoms with van der Waals surface area (Å²) in [6.07, 6.45) is 0.470. The van der Waals surface area contributed by atoms with Gasteiger partial charge >= 0.3 is 0 Å². The number of hydrogen-bond acceptors (Lipinski definition) is 4. The number of imide groups is 1. The highest BCUT2D eigenvalue weighted by Gasteiger charge is 2.45. The van der Waals surface area contributed by atoms with Gasteiger partial charge in [-0.05, 0) is 23.6 Å². The third-order valence-corrected chi connectivity index (χ3v) is 6.31. The number of hydrogen-bond donors (Lipinski definition) is 0. The molecular weight excluding hydrogens is 316 g/mol. The molecule has 7 heteroatoms. The summed E-state index contributed by atoms with van der Waals surface area (Å²) in [7, 11) is -3.56. The Morgan fingerprint density at radius 1 is 1.00 bits per heavy atom. The molecule has 0 spiro atoms. The maximum absolute atomic E-state index is 12.6. The van der Waals surface area contributed by atoms with E-state index in [0.717, 1.165) is 5.56 Å². The highest BCUT2D eigenvalue weighted by atomic mass is 32.2. The van der Waals surface area contributed by atoms with E-state index in [1.807, 2.05) is 26.0 Å². The molecule has 0 bridgehead atoms. The molecule has 1 aromatic rings. The van der Waals surface area contributed by atoms with Gasteiger partial charge in [0.05, 0.1) is 10.9 Å². The van der Waals surface area contributed by atoms with E-state index >= 15 is 0 Å². The van der Waals surface area contributed by atoms with Crippen molar-refractivity contribution in [3.8, 4) is 0 Å². The van der Waals surface area contributed by atoms with Crippen molar-refractivity contribution < 1.29 is 18.0 Å². The second-order valence-corrected chi connectivity index (χ2v) is 8.29. The van der Waals surface area contributed by atoms with Crippen molar-refractivity contribution in [2.75, 3.05) is 13.1 Å². The fourth-order valence-electron chi connectivity index (χ4n) is 2.95. The van der Waals surface area contributed by atoms with Gasteiger partial charge in [0.25, 0.3) is 0 Å². The van der Waals surface area contributed by atoms with Crippen molar-refractivity contribution in [1.29, 1.82) is 0 Å². The fourth-order valence-corrected chi connectivity index (χ4v) is 4.47. The first-order valence-electron chi connectivity index (χ1n) is 7.75. The first-order chi connectivity index (χ1) is 10.8. The van der Waals surface area contributed by atoms with Gasteiger partial charge in [0, 0.05) is 25.9 Å². The summed E-state index contributed by atoms with van der Waals surface area (Å²) in [5.74, 6) is -0.0518. The van der Waals surface area contributed by atoms with Gasteiger partial charge in [-0.15, -0.1) is 0 Å². The molecule has 0 aliphatic carbocycles. The van der Waals surface area contributed by atoms with E-state index in [2.05, 4.69) is 0 Å². The highest BCUT2D eigenvalue weighted by Crippen LogP contribution is 2.28. The Morgan fingerprint density at radius 3 is 2.00 bits per heavy atom. The van der Waals surface area contributed by atoms with Gasteiger partial charge in [-0.2, -0.15) is 4.31 Å². The molecule has 2 saturated heterocycles. The molecule has 2 heterocycles. The number of likely N-dealkylation sites (tertiary alicyclic amines) is 1. The number of nitrogens with zero attached hydrogens (tertiary/aromatic N) is 2. The Bertz CT molecular complexity index is 718. The lowest BCUT2D eigenvalue weighted by molar-refractivity contribution is -0.143. The maximum Gasteiger partial charge on any atom is 0.243 e. The van der Waals surface area contributed by atoms with Gasteiger partial charge in [0.2, 0.25) is 21.8 Å². The van der Waals surface area contributed by atoms with Crippen molar-refractivity contribution >= 4 is 21.8 Å². The highest BCUT2D eigenvalue weighted by molar-refractivity contribution is 7.89. The molecule has 0 unspecified atom stereocenters. The topological polar surface area (TPSA) is 74.8 Å². The number of amides is 2. The minimum Gasteiger partial charge on any atom is -0.277 e. The monoisotopic (exact) mass is 336 g/mol. The zero-order valence-corrected chi connectivity index (χ0v) is 14.0. The van der Waals surface area contributed by atoms with Crippen molar-refractivity contribution in [3.05, 3.63) is 29.8 Å². The molecule has 2 amide bonds. The third-order valence-electron chi connectivity index (χ3n) is 4.47. The van der Waals surface area contributed by atoms with Gasteiger partial charge in [0.1, 0.15) is 0 Å². The molecule has 2 aliphatic heterocycles. The third kappa shape index (κ3) is 2.79. The number of carbonyl (C=O) groups is 2. The van der Waals surface area contributed by atoms with Gasteiger partial charge in [0.15, 0.2) is 0 Å². The summed E-state index contributed by atoms with van der Waals surface area (Å²) in [6.45, 7) is 4.47. The minimum atomic E-state index is -3.56. The predicted octanol–water partition coefficient (Wildman–Crippen LogP) is 1.33. The minimum absolute atomic E-state index is 0.186. The Kier molecular flexibility index (Phi) is 4.01.